The van der Waals surface area contributed by atoms with Crippen LogP contribution in [0, 0.1) is 5.92 Å². The Morgan fingerprint density at radius 2 is 2.19 bits per heavy atom. The van der Waals surface area contributed by atoms with Crippen molar-refractivity contribution in [3.63, 3.8) is 0 Å². The van der Waals surface area contributed by atoms with Crippen molar-refractivity contribution in [1.82, 2.24) is 4.90 Å². The molecule has 0 bridgehead atoms. The average Bonchev–Trinajstić information content (AvgIpc) is 2.28. The summed E-state index contributed by atoms with van der Waals surface area (Å²) < 4.78 is 5.20. The predicted octanol–water partition coefficient (Wildman–Crippen LogP) is 1.72. The van der Waals surface area contributed by atoms with Gasteiger partial charge in [0.25, 0.3) is 0 Å². The summed E-state index contributed by atoms with van der Waals surface area (Å²) in [6.07, 6.45) is 0. The number of methoxy groups -OCH3 is 1. The molecule has 16 heavy (non-hydrogen) atoms. The molecule has 0 radical (unpaired) electrons. The molecule has 0 aromatic heterocycles. The highest BCUT2D eigenvalue weighted by Gasteiger charge is 2.05. The zero-order valence-electron chi connectivity index (χ0n) is 10.4. The molecule has 0 amide bonds. The van der Waals surface area contributed by atoms with Gasteiger partial charge in [-0.25, -0.2) is 0 Å². The summed E-state index contributed by atoms with van der Waals surface area (Å²) in [5.41, 5.74) is 6.88. The number of hydrogen-bond acceptors (Lipinski definition) is 3. The first kappa shape index (κ1) is 13.0. The minimum Gasteiger partial charge on any atom is -0.497 e. The van der Waals surface area contributed by atoms with Crippen molar-refractivity contribution < 1.29 is 4.74 Å². The third-order valence-electron chi connectivity index (χ3n) is 2.61. The van der Waals surface area contributed by atoms with Gasteiger partial charge in [-0.15, -0.1) is 0 Å². The van der Waals surface area contributed by atoms with Crippen molar-refractivity contribution in [3.8, 4) is 5.75 Å². The Kier molecular flexibility index (Phi) is 5.29. The Hall–Kier alpha value is -1.06. The molecule has 90 valence electrons. The molecule has 0 aliphatic rings. The molecule has 3 heteroatoms. The minimum atomic E-state index is 0.538. The van der Waals surface area contributed by atoms with E-state index in [9.17, 15) is 0 Å². The van der Waals surface area contributed by atoms with Gasteiger partial charge in [0.2, 0.25) is 0 Å². The van der Waals surface area contributed by atoms with Crippen LogP contribution in [0.3, 0.4) is 0 Å². The van der Waals surface area contributed by atoms with Crippen molar-refractivity contribution in [2.75, 3.05) is 27.2 Å². The maximum atomic E-state index is 5.61. The molecule has 0 fully saturated rings. The lowest BCUT2D eigenvalue weighted by molar-refractivity contribution is 0.281. The van der Waals surface area contributed by atoms with E-state index in [4.69, 9.17) is 10.5 Å². The SMILES string of the molecule is COc1cccc(CN(C)CC(C)CN)c1. The second kappa shape index (κ2) is 6.51. The fourth-order valence-electron chi connectivity index (χ4n) is 1.75. The van der Waals surface area contributed by atoms with Crippen LogP contribution in [-0.2, 0) is 6.54 Å². The van der Waals surface area contributed by atoms with E-state index in [-0.39, 0.29) is 0 Å². The number of benzene rings is 1. The summed E-state index contributed by atoms with van der Waals surface area (Å²) in [5.74, 6) is 1.45. The van der Waals surface area contributed by atoms with Crippen molar-refractivity contribution in [2.45, 2.75) is 13.5 Å². The number of nitrogens with zero attached hydrogens (tertiary/aromatic N) is 1. The molecule has 1 aromatic carbocycles. The van der Waals surface area contributed by atoms with Crippen molar-refractivity contribution in [1.29, 1.82) is 0 Å². The zero-order valence-corrected chi connectivity index (χ0v) is 10.4. The lowest BCUT2D eigenvalue weighted by atomic mass is 10.1. The average molecular weight is 222 g/mol. The van der Waals surface area contributed by atoms with Crippen LogP contribution in [0.2, 0.25) is 0 Å². The van der Waals surface area contributed by atoms with E-state index in [0.717, 1.165) is 25.4 Å². The maximum absolute atomic E-state index is 5.61. The third-order valence-corrected chi connectivity index (χ3v) is 2.61. The summed E-state index contributed by atoms with van der Waals surface area (Å²) in [4.78, 5) is 2.28. The molecule has 0 heterocycles. The Labute approximate surface area is 98.2 Å². The van der Waals surface area contributed by atoms with E-state index >= 15 is 0 Å². The summed E-state index contributed by atoms with van der Waals surface area (Å²) >= 11 is 0. The molecule has 0 saturated heterocycles. The molecule has 1 rings (SSSR count). The first-order valence-corrected chi connectivity index (χ1v) is 5.67. The molecule has 0 aliphatic heterocycles. The first-order valence-electron chi connectivity index (χ1n) is 5.67. The van der Waals surface area contributed by atoms with Gasteiger partial charge in [-0.3, -0.25) is 0 Å². The number of ether oxygens (including phenoxy) is 1. The van der Waals surface area contributed by atoms with Crippen LogP contribution in [-0.4, -0.2) is 32.1 Å². The van der Waals surface area contributed by atoms with Crippen molar-refractivity contribution >= 4 is 0 Å². The molecule has 3 nitrogen and oxygen atoms in total. The monoisotopic (exact) mass is 222 g/mol. The number of nitrogens with two attached hydrogens (primary N) is 1. The number of rotatable bonds is 6. The quantitative estimate of drug-likeness (QED) is 0.796. The summed E-state index contributed by atoms with van der Waals surface area (Å²) in [5, 5.41) is 0. The van der Waals surface area contributed by atoms with Gasteiger partial charge in [-0.1, -0.05) is 19.1 Å². The van der Waals surface area contributed by atoms with E-state index in [1.54, 1.807) is 7.11 Å². The first-order chi connectivity index (χ1) is 7.65. The minimum absolute atomic E-state index is 0.538. The summed E-state index contributed by atoms with van der Waals surface area (Å²) in [6.45, 7) is 4.86. The molecule has 0 aliphatic carbocycles. The fraction of sp³-hybridized carbons (Fsp3) is 0.538. The second-order valence-corrected chi connectivity index (χ2v) is 4.39. The maximum Gasteiger partial charge on any atom is 0.119 e. The van der Waals surface area contributed by atoms with Crippen LogP contribution in [0.25, 0.3) is 0 Å². The fourth-order valence-corrected chi connectivity index (χ4v) is 1.75. The van der Waals surface area contributed by atoms with Gasteiger partial charge in [-0.05, 0) is 37.2 Å². The van der Waals surface area contributed by atoms with Crippen LogP contribution in [0.15, 0.2) is 24.3 Å². The largest absolute Gasteiger partial charge is 0.497 e. The van der Waals surface area contributed by atoms with Gasteiger partial charge in [0.1, 0.15) is 5.75 Å². The Morgan fingerprint density at radius 3 is 2.81 bits per heavy atom. The van der Waals surface area contributed by atoms with E-state index in [0.29, 0.717) is 5.92 Å². The third kappa shape index (κ3) is 4.21. The van der Waals surface area contributed by atoms with E-state index in [1.807, 2.05) is 12.1 Å². The second-order valence-electron chi connectivity index (χ2n) is 4.39. The Bertz CT molecular complexity index is 315. The molecule has 1 aromatic rings. The lowest BCUT2D eigenvalue weighted by Crippen LogP contribution is -2.28. The van der Waals surface area contributed by atoms with Gasteiger partial charge in [0.15, 0.2) is 0 Å². The van der Waals surface area contributed by atoms with E-state index < -0.39 is 0 Å². The standard InChI is InChI=1S/C13H22N2O/c1-11(8-14)9-15(2)10-12-5-4-6-13(7-12)16-3/h4-7,11H,8-10,14H2,1-3H3. The van der Waals surface area contributed by atoms with Crippen LogP contribution in [0.4, 0.5) is 0 Å². The Balaban J connectivity index is 2.51. The van der Waals surface area contributed by atoms with Crippen LogP contribution >= 0.6 is 0 Å². The van der Waals surface area contributed by atoms with Gasteiger partial charge >= 0.3 is 0 Å². The molecule has 1 atom stereocenters. The molecule has 2 N–H and O–H groups in total. The number of hydrogen-bond donors (Lipinski definition) is 1. The van der Waals surface area contributed by atoms with Crippen molar-refractivity contribution in [2.24, 2.45) is 11.7 Å². The molecule has 1 unspecified atom stereocenters. The highest BCUT2D eigenvalue weighted by molar-refractivity contribution is 5.28. The van der Waals surface area contributed by atoms with Crippen molar-refractivity contribution in [3.05, 3.63) is 29.8 Å². The smallest absolute Gasteiger partial charge is 0.119 e. The van der Waals surface area contributed by atoms with Crippen LogP contribution in [0.5, 0.6) is 5.75 Å². The molecular weight excluding hydrogens is 200 g/mol. The van der Waals surface area contributed by atoms with E-state index in [2.05, 4.69) is 31.0 Å². The zero-order chi connectivity index (χ0) is 12.0. The van der Waals surface area contributed by atoms with Gasteiger partial charge < -0.3 is 15.4 Å². The molecule has 0 saturated carbocycles. The highest BCUT2D eigenvalue weighted by Crippen LogP contribution is 2.14. The van der Waals surface area contributed by atoms with Gasteiger partial charge in [0, 0.05) is 13.1 Å². The van der Waals surface area contributed by atoms with E-state index in [1.165, 1.54) is 5.56 Å². The molecule has 0 spiro atoms. The highest BCUT2D eigenvalue weighted by atomic mass is 16.5. The molecular formula is C13H22N2O. The lowest BCUT2D eigenvalue weighted by Gasteiger charge is -2.20. The van der Waals surface area contributed by atoms with Gasteiger partial charge in [0.05, 0.1) is 7.11 Å². The normalized spacial score (nSPS) is 12.8. The van der Waals surface area contributed by atoms with Gasteiger partial charge in [-0.2, -0.15) is 0 Å². The van der Waals surface area contributed by atoms with Crippen LogP contribution < -0.4 is 10.5 Å². The summed E-state index contributed by atoms with van der Waals surface area (Å²) in [6, 6.07) is 8.18. The van der Waals surface area contributed by atoms with Crippen LogP contribution in [0.1, 0.15) is 12.5 Å². The topological polar surface area (TPSA) is 38.5 Å². The Morgan fingerprint density at radius 1 is 1.44 bits per heavy atom. The summed E-state index contributed by atoms with van der Waals surface area (Å²) in [7, 11) is 3.81. The predicted molar refractivity (Wildman–Crippen MR) is 67.5 cm³/mol.